The van der Waals surface area contributed by atoms with Crippen molar-refractivity contribution < 1.29 is 4.39 Å². The van der Waals surface area contributed by atoms with Crippen molar-refractivity contribution in [3.05, 3.63) is 70.1 Å². The van der Waals surface area contributed by atoms with Gasteiger partial charge in [0.1, 0.15) is 5.82 Å². The summed E-state index contributed by atoms with van der Waals surface area (Å²) in [5, 5.41) is 4.33. The van der Waals surface area contributed by atoms with E-state index in [-0.39, 0.29) is 5.82 Å². The van der Waals surface area contributed by atoms with Gasteiger partial charge < -0.3 is 5.32 Å². The van der Waals surface area contributed by atoms with Gasteiger partial charge in [-0.05, 0) is 37.3 Å². The summed E-state index contributed by atoms with van der Waals surface area (Å²) in [5.41, 5.74) is 3.47. The molecule has 0 aliphatic heterocycles. The molecule has 0 spiro atoms. The maximum Gasteiger partial charge on any atom is 0.128 e. The summed E-state index contributed by atoms with van der Waals surface area (Å²) in [6.07, 6.45) is 0. The van der Waals surface area contributed by atoms with Crippen LogP contribution in [0.15, 0.2) is 53.0 Å². The van der Waals surface area contributed by atoms with Gasteiger partial charge in [-0.2, -0.15) is 0 Å². The number of aromatic nitrogens is 1. The summed E-state index contributed by atoms with van der Waals surface area (Å²) in [6, 6.07) is 14.7. The van der Waals surface area contributed by atoms with Gasteiger partial charge in [0.2, 0.25) is 0 Å². The standard InChI is InChI=1S/C17H14BrFN2/c1-11-8-17(14-9-13(18)6-7-16(14)21-11)20-10-12-4-2-3-5-15(12)19/h2-9H,10H2,1H3,(H,20,21). The molecule has 0 saturated heterocycles. The smallest absolute Gasteiger partial charge is 0.128 e. The second-order valence-electron chi connectivity index (χ2n) is 4.92. The topological polar surface area (TPSA) is 24.9 Å². The molecule has 1 aromatic heterocycles. The Balaban J connectivity index is 1.96. The Kier molecular flexibility index (Phi) is 3.88. The maximum absolute atomic E-state index is 13.7. The number of halogens is 2. The quantitative estimate of drug-likeness (QED) is 0.718. The molecule has 0 atom stereocenters. The normalized spacial score (nSPS) is 10.8. The van der Waals surface area contributed by atoms with Crippen LogP contribution >= 0.6 is 15.9 Å². The molecular formula is C17H14BrFN2. The molecule has 0 aliphatic rings. The SMILES string of the molecule is Cc1cc(NCc2ccccc2F)c2cc(Br)ccc2n1. The largest absolute Gasteiger partial charge is 0.380 e. The van der Waals surface area contributed by atoms with Crippen molar-refractivity contribution >= 4 is 32.5 Å². The molecule has 3 rings (SSSR count). The van der Waals surface area contributed by atoms with Gasteiger partial charge in [-0.25, -0.2) is 4.39 Å². The predicted octanol–water partition coefficient (Wildman–Crippen LogP) is 5.06. The predicted molar refractivity (Wildman–Crippen MR) is 87.9 cm³/mol. The molecule has 3 aromatic rings. The van der Waals surface area contributed by atoms with Crippen LogP contribution in [0, 0.1) is 12.7 Å². The van der Waals surface area contributed by atoms with Gasteiger partial charge in [0.15, 0.2) is 0 Å². The number of pyridine rings is 1. The van der Waals surface area contributed by atoms with E-state index in [2.05, 4.69) is 26.2 Å². The van der Waals surface area contributed by atoms with Gasteiger partial charge in [0, 0.05) is 33.3 Å². The zero-order valence-corrected chi connectivity index (χ0v) is 13.1. The van der Waals surface area contributed by atoms with Crippen molar-refractivity contribution in [3.8, 4) is 0 Å². The number of rotatable bonds is 3. The molecule has 106 valence electrons. The Morgan fingerprint density at radius 2 is 1.95 bits per heavy atom. The Hall–Kier alpha value is -1.94. The zero-order valence-electron chi connectivity index (χ0n) is 11.5. The van der Waals surface area contributed by atoms with Gasteiger partial charge in [-0.15, -0.1) is 0 Å². The molecule has 0 aliphatic carbocycles. The number of hydrogen-bond acceptors (Lipinski definition) is 2. The maximum atomic E-state index is 13.7. The molecule has 0 amide bonds. The van der Waals surface area contributed by atoms with Crippen LogP contribution in [-0.2, 0) is 6.54 Å². The Bertz CT molecular complexity index is 802. The van der Waals surface area contributed by atoms with Gasteiger partial charge in [0.25, 0.3) is 0 Å². The lowest BCUT2D eigenvalue weighted by Crippen LogP contribution is -2.03. The van der Waals surface area contributed by atoms with Crippen molar-refractivity contribution in [1.82, 2.24) is 4.98 Å². The molecule has 0 saturated carbocycles. The van der Waals surface area contributed by atoms with E-state index >= 15 is 0 Å². The fourth-order valence-electron chi connectivity index (χ4n) is 2.31. The fraction of sp³-hybridized carbons (Fsp3) is 0.118. The minimum absolute atomic E-state index is 0.193. The minimum atomic E-state index is -0.193. The third-order valence-corrected chi connectivity index (χ3v) is 3.82. The minimum Gasteiger partial charge on any atom is -0.380 e. The Morgan fingerprint density at radius 3 is 2.76 bits per heavy atom. The van der Waals surface area contributed by atoms with E-state index in [1.54, 1.807) is 12.1 Å². The fourth-order valence-corrected chi connectivity index (χ4v) is 2.67. The summed E-state index contributed by atoms with van der Waals surface area (Å²) < 4.78 is 14.7. The molecule has 0 radical (unpaired) electrons. The van der Waals surface area contributed by atoms with Gasteiger partial charge in [0.05, 0.1) is 5.52 Å². The Morgan fingerprint density at radius 1 is 1.14 bits per heavy atom. The van der Waals surface area contributed by atoms with Crippen molar-refractivity contribution in [1.29, 1.82) is 0 Å². The third kappa shape index (κ3) is 3.05. The van der Waals surface area contributed by atoms with Crippen molar-refractivity contribution in [2.45, 2.75) is 13.5 Å². The van der Waals surface area contributed by atoms with E-state index in [0.717, 1.165) is 26.8 Å². The molecule has 0 fully saturated rings. The van der Waals surface area contributed by atoms with E-state index < -0.39 is 0 Å². The first-order valence-electron chi connectivity index (χ1n) is 6.68. The lowest BCUT2D eigenvalue weighted by molar-refractivity contribution is 0.613. The average Bonchev–Trinajstić information content (AvgIpc) is 2.47. The second kappa shape index (κ2) is 5.82. The van der Waals surface area contributed by atoms with Crippen LogP contribution in [-0.4, -0.2) is 4.98 Å². The van der Waals surface area contributed by atoms with E-state index in [4.69, 9.17) is 0 Å². The number of fused-ring (bicyclic) bond motifs is 1. The van der Waals surface area contributed by atoms with Crippen LogP contribution in [0.3, 0.4) is 0 Å². The Labute approximate surface area is 131 Å². The number of anilines is 1. The number of nitrogens with zero attached hydrogens (tertiary/aromatic N) is 1. The van der Waals surface area contributed by atoms with Crippen LogP contribution in [0.25, 0.3) is 10.9 Å². The van der Waals surface area contributed by atoms with Gasteiger partial charge >= 0.3 is 0 Å². The highest BCUT2D eigenvalue weighted by atomic mass is 79.9. The molecule has 2 nitrogen and oxygen atoms in total. The number of benzene rings is 2. The lowest BCUT2D eigenvalue weighted by atomic mass is 10.1. The van der Waals surface area contributed by atoms with Crippen LogP contribution in [0.1, 0.15) is 11.3 Å². The van der Waals surface area contributed by atoms with E-state index in [1.165, 1.54) is 6.07 Å². The molecule has 1 N–H and O–H groups in total. The summed E-state index contributed by atoms with van der Waals surface area (Å²) in [4.78, 5) is 4.52. The van der Waals surface area contributed by atoms with Crippen molar-refractivity contribution in [3.63, 3.8) is 0 Å². The molecule has 0 bridgehead atoms. The summed E-state index contributed by atoms with van der Waals surface area (Å²) in [6.45, 7) is 2.40. The molecule has 4 heteroatoms. The molecule has 1 heterocycles. The van der Waals surface area contributed by atoms with E-state index in [1.807, 2.05) is 37.3 Å². The van der Waals surface area contributed by atoms with E-state index in [9.17, 15) is 4.39 Å². The van der Waals surface area contributed by atoms with Crippen LogP contribution in [0.5, 0.6) is 0 Å². The van der Waals surface area contributed by atoms with Crippen LogP contribution in [0.2, 0.25) is 0 Å². The second-order valence-corrected chi connectivity index (χ2v) is 5.83. The first-order chi connectivity index (χ1) is 10.1. The summed E-state index contributed by atoms with van der Waals surface area (Å²) >= 11 is 3.48. The summed E-state index contributed by atoms with van der Waals surface area (Å²) in [5.74, 6) is -0.193. The number of nitrogens with one attached hydrogen (secondary N) is 1. The zero-order chi connectivity index (χ0) is 14.8. The van der Waals surface area contributed by atoms with Crippen LogP contribution < -0.4 is 5.32 Å². The van der Waals surface area contributed by atoms with Gasteiger partial charge in [-0.1, -0.05) is 34.1 Å². The summed E-state index contributed by atoms with van der Waals surface area (Å²) in [7, 11) is 0. The molecular weight excluding hydrogens is 331 g/mol. The lowest BCUT2D eigenvalue weighted by Gasteiger charge is -2.11. The highest BCUT2D eigenvalue weighted by Crippen LogP contribution is 2.27. The number of hydrogen-bond donors (Lipinski definition) is 1. The first kappa shape index (κ1) is 14.0. The number of aryl methyl sites for hydroxylation is 1. The molecule has 0 unspecified atom stereocenters. The van der Waals surface area contributed by atoms with E-state index in [0.29, 0.717) is 12.1 Å². The highest BCUT2D eigenvalue weighted by Gasteiger charge is 2.06. The van der Waals surface area contributed by atoms with Crippen molar-refractivity contribution in [2.75, 3.05) is 5.32 Å². The first-order valence-corrected chi connectivity index (χ1v) is 7.47. The van der Waals surface area contributed by atoms with Crippen molar-refractivity contribution in [2.24, 2.45) is 0 Å². The molecule has 21 heavy (non-hydrogen) atoms. The average molecular weight is 345 g/mol. The highest BCUT2D eigenvalue weighted by molar-refractivity contribution is 9.10. The van der Waals surface area contributed by atoms with Gasteiger partial charge in [-0.3, -0.25) is 4.98 Å². The molecule has 2 aromatic carbocycles. The van der Waals surface area contributed by atoms with Crippen LogP contribution in [0.4, 0.5) is 10.1 Å². The monoisotopic (exact) mass is 344 g/mol. The third-order valence-electron chi connectivity index (χ3n) is 3.33.